The summed E-state index contributed by atoms with van der Waals surface area (Å²) in [5.74, 6) is -1.09. The third-order valence-electron chi connectivity index (χ3n) is 1.17. The van der Waals surface area contributed by atoms with E-state index in [2.05, 4.69) is 10.3 Å². The SMILES string of the molecule is O=P#CC(=O)CC(=O)Nc1nccs1. The third kappa shape index (κ3) is 3.66. The molecular weight excluding hydrogens is 223 g/mol. The summed E-state index contributed by atoms with van der Waals surface area (Å²) < 4.78 is 9.94. The average Bonchev–Trinajstić information content (AvgIpc) is 2.56. The van der Waals surface area contributed by atoms with Gasteiger partial charge in [-0.2, -0.15) is 0 Å². The first-order valence-corrected chi connectivity index (χ1v) is 5.22. The number of carbonyl (C=O) groups excluding carboxylic acids is 2. The Bertz CT molecular complexity index is 436. The Morgan fingerprint density at radius 1 is 1.64 bits per heavy atom. The number of aromatic nitrogens is 1. The summed E-state index contributed by atoms with van der Waals surface area (Å²) in [6, 6.07) is 0. The van der Waals surface area contributed by atoms with Crippen LogP contribution in [0, 0.1) is 5.63 Å². The number of hydrogen-bond acceptors (Lipinski definition) is 5. The Hall–Kier alpha value is -1.22. The molecular formula is C7H5N2O3PS. The van der Waals surface area contributed by atoms with Gasteiger partial charge in [-0.15, -0.1) is 0 Å². The van der Waals surface area contributed by atoms with Gasteiger partial charge in [0.15, 0.2) is 0 Å². The molecule has 0 radical (unpaired) electrons. The summed E-state index contributed by atoms with van der Waals surface area (Å²) >= 11 is 1.25. The Labute approximate surface area is 84.7 Å². The van der Waals surface area contributed by atoms with E-state index < -0.39 is 19.6 Å². The predicted molar refractivity (Wildman–Crippen MR) is 51.9 cm³/mol. The van der Waals surface area contributed by atoms with Crippen molar-refractivity contribution in [3.05, 3.63) is 11.6 Å². The molecule has 7 heteroatoms. The zero-order chi connectivity index (χ0) is 10.4. The number of nitrogens with zero attached hydrogens (tertiary/aromatic N) is 1. The quantitative estimate of drug-likeness (QED) is 0.624. The Morgan fingerprint density at radius 3 is 3.00 bits per heavy atom. The van der Waals surface area contributed by atoms with Crippen molar-refractivity contribution in [3.63, 3.8) is 0 Å². The molecule has 72 valence electrons. The predicted octanol–water partition coefficient (Wildman–Crippen LogP) is 1.29. The Morgan fingerprint density at radius 2 is 2.43 bits per heavy atom. The summed E-state index contributed by atoms with van der Waals surface area (Å²) in [5.41, 5.74) is 1.96. The van der Waals surface area contributed by atoms with Crippen LogP contribution in [0.2, 0.25) is 0 Å². The fourth-order valence-electron chi connectivity index (χ4n) is 0.685. The number of anilines is 1. The molecule has 1 aromatic rings. The summed E-state index contributed by atoms with van der Waals surface area (Å²) in [5, 5.41) is 4.55. The van der Waals surface area contributed by atoms with Crippen molar-refractivity contribution in [1.29, 1.82) is 0 Å². The Kier molecular flexibility index (Phi) is 4.26. The summed E-state index contributed by atoms with van der Waals surface area (Å²) in [7, 11) is -0.507. The van der Waals surface area contributed by atoms with Crippen LogP contribution in [0.25, 0.3) is 0 Å². The molecule has 0 aliphatic heterocycles. The van der Waals surface area contributed by atoms with Crippen molar-refractivity contribution in [2.75, 3.05) is 5.32 Å². The van der Waals surface area contributed by atoms with Crippen LogP contribution in [0.5, 0.6) is 0 Å². The van der Waals surface area contributed by atoms with Crippen LogP contribution in [0.3, 0.4) is 0 Å². The van der Waals surface area contributed by atoms with E-state index in [-0.39, 0.29) is 6.42 Å². The zero-order valence-corrected chi connectivity index (χ0v) is 8.60. The van der Waals surface area contributed by atoms with Crippen molar-refractivity contribution in [1.82, 2.24) is 4.98 Å². The molecule has 0 bridgehead atoms. The Balaban J connectivity index is 2.47. The maximum atomic E-state index is 11.1. The summed E-state index contributed by atoms with van der Waals surface area (Å²) in [6.45, 7) is 0. The van der Waals surface area contributed by atoms with E-state index in [9.17, 15) is 14.2 Å². The van der Waals surface area contributed by atoms with Crippen LogP contribution in [-0.4, -0.2) is 16.7 Å². The molecule has 0 aliphatic rings. The molecule has 5 nitrogen and oxygen atoms in total. The van der Waals surface area contributed by atoms with Gasteiger partial charge < -0.3 is 0 Å². The number of ketones is 1. The van der Waals surface area contributed by atoms with Gasteiger partial charge in [-0.25, -0.2) is 0 Å². The fraction of sp³-hybridized carbons (Fsp3) is 0.143. The van der Waals surface area contributed by atoms with E-state index in [0.717, 1.165) is 0 Å². The number of hydrogen-bond donors (Lipinski definition) is 1. The monoisotopic (exact) mass is 228 g/mol. The molecule has 14 heavy (non-hydrogen) atoms. The normalized spacial score (nSPS) is 8.86. The van der Waals surface area contributed by atoms with E-state index in [1.54, 1.807) is 5.38 Å². The van der Waals surface area contributed by atoms with Crippen molar-refractivity contribution < 1.29 is 14.2 Å². The minimum absolute atomic E-state index is 0.366. The average molecular weight is 228 g/mol. The van der Waals surface area contributed by atoms with Gasteiger partial charge in [-0.3, -0.25) is 0 Å². The number of rotatable bonds is 3. The first-order chi connectivity index (χ1) is 6.72. The van der Waals surface area contributed by atoms with Crippen LogP contribution in [-0.2, 0) is 14.2 Å². The van der Waals surface area contributed by atoms with Crippen molar-refractivity contribution >= 4 is 36.1 Å². The van der Waals surface area contributed by atoms with Crippen molar-refractivity contribution in [2.45, 2.75) is 6.42 Å². The molecule has 0 saturated heterocycles. The second-order valence-electron chi connectivity index (χ2n) is 2.19. The van der Waals surface area contributed by atoms with Crippen LogP contribution in [0.15, 0.2) is 11.6 Å². The van der Waals surface area contributed by atoms with E-state index in [0.29, 0.717) is 5.13 Å². The molecule has 0 unspecified atom stereocenters. The van der Waals surface area contributed by atoms with Gasteiger partial charge in [0, 0.05) is 0 Å². The molecule has 1 heterocycles. The molecule has 0 fully saturated rings. The first kappa shape index (κ1) is 10.9. The van der Waals surface area contributed by atoms with E-state index in [1.807, 2.05) is 5.63 Å². The van der Waals surface area contributed by atoms with Crippen molar-refractivity contribution in [3.8, 4) is 5.63 Å². The van der Waals surface area contributed by atoms with Crippen LogP contribution in [0.4, 0.5) is 5.13 Å². The van der Waals surface area contributed by atoms with Crippen LogP contribution in [0.1, 0.15) is 6.42 Å². The number of thiazole rings is 1. The van der Waals surface area contributed by atoms with Gasteiger partial charge in [0.25, 0.3) is 0 Å². The van der Waals surface area contributed by atoms with Crippen LogP contribution >= 0.6 is 19.3 Å². The third-order valence-corrected chi connectivity index (χ3v) is 2.20. The number of Topliss-reactive ketones (excluding diaryl/α,β-unsaturated/α-hetero) is 1. The van der Waals surface area contributed by atoms with E-state index in [1.165, 1.54) is 17.5 Å². The number of carbonyl (C=O) groups is 2. The minimum atomic E-state index is -0.601. The number of nitrogens with one attached hydrogen (secondary N) is 1. The van der Waals surface area contributed by atoms with E-state index >= 15 is 0 Å². The molecule has 0 spiro atoms. The second-order valence-corrected chi connectivity index (χ2v) is 3.49. The standard InChI is InChI=1S/C7H5N2O3PS/c10-5(4-13-12)3-6(11)9-7-8-1-2-14-7/h1-2H,3H2,(H,8,9,11). The number of amides is 1. The molecule has 0 atom stereocenters. The topological polar surface area (TPSA) is 76.1 Å². The van der Waals surface area contributed by atoms with Gasteiger partial charge in [-0.1, -0.05) is 0 Å². The van der Waals surface area contributed by atoms with Gasteiger partial charge in [0.1, 0.15) is 0 Å². The molecule has 0 aromatic carbocycles. The zero-order valence-electron chi connectivity index (χ0n) is 6.89. The summed E-state index contributed by atoms with van der Waals surface area (Å²) in [6.07, 6.45) is 1.17. The molecule has 1 aromatic heterocycles. The fourth-order valence-corrected chi connectivity index (χ4v) is 1.41. The first-order valence-electron chi connectivity index (χ1n) is 3.53. The molecule has 1 N–H and O–H groups in total. The molecule has 0 saturated carbocycles. The van der Waals surface area contributed by atoms with Crippen molar-refractivity contribution in [2.24, 2.45) is 0 Å². The second kappa shape index (κ2) is 5.50. The molecule has 1 rings (SSSR count). The summed E-state index contributed by atoms with van der Waals surface area (Å²) in [4.78, 5) is 25.7. The van der Waals surface area contributed by atoms with E-state index in [4.69, 9.17) is 0 Å². The van der Waals surface area contributed by atoms with Crippen LogP contribution < -0.4 is 5.32 Å². The molecule has 0 aliphatic carbocycles. The van der Waals surface area contributed by atoms with Gasteiger partial charge in [0.2, 0.25) is 0 Å². The van der Waals surface area contributed by atoms with Gasteiger partial charge in [-0.05, 0) is 0 Å². The van der Waals surface area contributed by atoms with Gasteiger partial charge in [0.05, 0.1) is 0 Å². The molecule has 1 amide bonds. The maximum absolute atomic E-state index is 11.1. The van der Waals surface area contributed by atoms with Gasteiger partial charge >= 0.3 is 84.2 Å².